The Balaban J connectivity index is 1.23. The Kier molecular flexibility index (Phi) is 6.73. The number of fused-ring (bicyclic) bond motifs is 2. The molecule has 11 heteroatoms. The van der Waals surface area contributed by atoms with E-state index in [2.05, 4.69) is 72.7 Å². The average Bonchev–Trinajstić information content (AvgIpc) is 3.60. The Morgan fingerprint density at radius 2 is 2.00 bits per heavy atom. The summed E-state index contributed by atoms with van der Waals surface area (Å²) in [6, 6.07) is 5.77. The quantitative estimate of drug-likeness (QED) is 0.499. The number of nitrogens with zero attached hydrogens (tertiary/aromatic N) is 8. The molecule has 0 aromatic carbocycles. The molecule has 3 atom stereocenters. The molecule has 3 aromatic rings. The largest absolute Gasteiger partial charge is 0.347 e. The van der Waals surface area contributed by atoms with Crippen molar-refractivity contribution in [3.8, 4) is 0 Å². The van der Waals surface area contributed by atoms with Crippen molar-refractivity contribution in [2.45, 2.75) is 89.5 Å². The van der Waals surface area contributed by atoms with Crippen molar-refractivity contribution in [1.29, 1.82) is 0 Å². The van der Waals surface area contributed by atoms with E-state index in [0.29, 0.717) is 24.0 Å². The van der Waals surface area contributed by atoms with Gasteiger partial charge in [-0.1, -0.05) is 19.9 Å². The van der Waals surface area contributed by atoms with Crippen LogP contribution in [0.25, 0.3) is 0 Å². The van der Waals surface area contributed by atoms with E-state index in [9.17, 15) is 4.79 Å². The molecule has 1 amide bonds. The molecule has 1 N–H and O–H groups in total. The third kappa shape index (κ3) is 4.76. The van der Waals surface area contributed by atoms with Crippen LogP contribution in [0.3, 0.4) is 0 Å². The van der Waals surface area contributed by atoms with E-state index < -0.39 is 0 Å². The highest BCUT2D eigenvalue weighted by Crippen LogP contribution is 2.42. The van der Waals surface area contributed by atoms with Gasteiger partial charge in [-0.05, 0) is 60.9 Å². The van der Waals surface area contributed by atoms with Crippen LogP contribution in [0.5, 0.6) is 0 Å². The summed E-state index contributed by atoms with van der Waals surface area (Å²) in [5.74, 6) is 2.44. The highest BCUT2D eigenvalue weighted by atomic mass is 32.1. The lowest BCUT2D eigenvalue weighted by Gasteiger charge is -2.40. The number of hydrogen-bond acceptors (Lipinski definition) is 8. The van der Waals surface area contributed by atoms with Gasteiger partial charge < -0.3 is 9.88 Å². The summed E-state index contributed by atoms with van der Waals surface area (Å²) >= 11 is 1.69. The van der Waals surface area contributed by atoms with Gasteiger partial charge in [0, 0.05) is 35.5 Å². The summed E-state index contributed by atoms with van der Waals surface area (Å²) in [7, 11) is 0. The summed E-state index contributed by atoms with van der Waals surface area (Å²) in [6.07, 6.45) is 7.13. The predicted molar refractivity (Wildman–Crippen MR) is 128 cm³/mol. The summed E-state index contributed by atoms with van der Waals surface area (Å²) in [4.78, 5) is 16.5. The number of hydrogen-bond donors (Lipinski definition) is 1. The van der Waals surface area contributed by atoms with Crippen LogP contribution in [0.15, 0.2) is 23.8 Å². The summed E-state index contributed by atoms with van der Waals surface area (Å²) in [5, 5.41) is 25.2. The van der Waals surface area contributed by atoms with Crippen LogP contribution in [0, 0.1) is 6.92 Å². The minimum atomic E-state index is -0.0725. The van der Waals surface area contributed by atoms with Crippen molar-refractivity contribution in [2.75, 3.05) is 6.54 Å². The Morgan fingerprint density at radius 3 is 2.65 bits per heavy atom. The van der Waals surface area contributed by atoms with Crippen molar-refractivity contribution >= 4 is 17.2 Å². The Labute approximate surface area is 203 Å². The number of aromatic nitrogens is 7. The zero-order chi connectivity index (χ0) is 23.7. The maximum atomic E-state index is 12.7. The molecular formula is C23H33N9OS. The highest BCUT2D eigenvalue weighted by molar-refractivity contribution is 7.10. The van der Waals surface area contributed by atoms with Gasteiger partial charge in [-0.3, -0.25) is 9.69 Å². The second-order valence-corrected chi connectivity index (χ2v) is 10.8. The van der Waals surface area contributed by atoms with E-state index in [0.717, 1.165) is 37.5 Å². The Bertz CT molecular complexity index is 1060. The van der Waals surface area contributed by atoms with Gasteiger partial charge >= 0.3 is 0 Å². The lowest BCUT2D eigenvalue weighted by molar-refractivity contribution is -0.122. The Hall–Kier alpha value is -2.66. The molecule has 0 spiro atoms. The molecule has 0 aliphatic carbocycles. The molecule has 5 rings (SSSR count). The fourth-order valence-corrected chi connectivity index (χ4v) is 6.56. The normalized spacial score (nSPS) is 23.5. The first-order chi connectivity index (χ1) is 16.5. The third-order valence-electron chi connectivity index (χ3n) is 7.23. The van der Waals surface area contributed by atoms with E-state index in [1.54, 1.807) is 11.3 Å². The van der Waals surface area contributed by atoms with E-state index in [1.807, 2.05) is 6.07 Å². The van der Waals surface area contributed by atoms with Crippen LogP contribution in [0.4, 0.5) is 0 Å². The van der Waals surface area contributed by atoms with Crippen molar-refractivity contribution in [2.24, 2.45) is 0 Å². The first-order valence-electron chi connectivity index (χ1n) is 12.2. The maximum Gasteiger partial charge on any atom is 0.242 e. The van der Waals surface area contributed by atoms with E-state index >= 15 is 0 Å². The molecule has 2 aliphatic rings. The second-order valence-electron chi connectivity index (χ2n) is 9.81. The van der Waals surface area contributed by atoms with Gasteiger partial charge in [0.2, 0.25) is 5.91 Å². The standard InChI is InChI=1S/C23H33N9OS/c1-15(2)23-27-26-16(3)32(23)19-11-17-6-7-18(12-19)31(17)9-8-20(21-5-4-10-34-21)25-22(33)13-30-14-24-28-29-30/h4-5,10,14-15,17-20H,6-9,11-13H2,1-3H3,(H,25,33)/t17-,18-,20-/m0/s1. The molecule has 0 saturated carbocycles. The number of nitrogens with one attached hydrogen (secondary N) is 1. The zero-order valence-electron chi connectivity index (χ0n) is 20.0. The van der Waals surface area contributed by atoms with Gasteiger partial charge in [0.25, 0.3) is 0 Å². The second kappa shape index (κ2) is 9.91. The monoisotopic (exact) mass is 483 g/mol. The van der Waals surface area contributed by atoms with Crippen LogP contribution >= 0.6 is 11.3 Å². The number of aryl methyl sites for hydroxylation is 1. The molecule has 182 valence electrons. The topological polar surface area (TPSA) is 107 Å². The molecule has 2 bridgehead atoms. The first kappa shape index (κ1) is 23.1. The number of carbonyl (C=O) groups excluding carboxylic acids is 1. The highest BCUT2D eigenvalue weighted by Gasteiger charge is 2.42. The number of carbonyl (C=O) groups is 1. The third-order valence-corrected chi connectivity index (χ3v) is 8.21. The zero-order valence-corrected chi connectivity index (χ0v) is 20.9. The molecule has 0 radical (unpaired) electrons. The van der Waals surface area contributed by atoms with E-state index in [1.165, 1.54) is 28.7 Å². The van der Waals surface area contributed by atoms with Crippen molar-refractivity contribution < 1.29 is 4.79 Å². The smallest absolute Gasteiger partial charge is 0.242 e. The van der Waals surface area contributed by atoms with Crippen LogP contribution < -0.4 is 5.32 Å². The molecule has 2 fully saturated rings. The molecule has 5 heterocycles. The van der Waals surface area contributed by atoms with Crippen molar-refractivity contribution in [3.63, 3.8) is 0 Å². The molecule has 34 heavy (non-hydrogen) atoms. The fraction of sp³-hybridized carbons (Fsp3) is 0.652. The molecule has 10 nitrogen and oxygen atoms in total. The van der Waals surface area contributed by atoms with Gasteiger partial charge in [-0.25, -0.2) is 4.68 Å². The average molecular weight is 484 g/mol. The summed E-state index contributed by atoms with van der Waals surface area (Å²) in [6.45, 7) is 7.58. The van der Waals surface area contributed by atoms with Gasteiger partial charge in [-0.2, -0.15) is 0 Å². The van der Waals surface area contributed by atoms with Gasteiger partial charge in [0.1, 0.15) is 24.5 Å². The molecular weight excluding hydrogens is 450 g/mol. The molecule has 2 aliphatic heterocycles. The SMILES string of the molecule is Cc1nnc(C(C)C)n1C1C[C@@H]2CC[C@@H](C1)N2CC[C@H](NC(=O)Cn1cnnn1)c1cccs1. The van der Waals surface area contributed by atoms with Crippen molar-refractivity contribution in [1.82, 2.24) is 45.2 Å². The van der Waals surface area contributed by atoms with Crippen LogP contribution in [-0.4, -0.2) is 64.4 Å². The van der Waals surface area contributed by atoms with Gasteiger partial charge in [0.15, 0.2) is 0 Å². The van der Waals surface area contributed by atoms with Gasteiger partial charge in [0.05, 0.1) is 6.04 Å². The minimum Gasteiger partial charge on any atom is -0.347 e. The van der Waals surface area contributed by atoms with Crippen molar-refractivity contribution in [3.05, 3.63) is 40.4 Å². The Morgan fingerprint density at radius 1 is 1.21 bits per heavy atom. The van der Waals surface area contributed by atoms with E-state index in [4.69, 9.17) is 0 Å². The summed E-state index contributed by atoms with van der Waals surface area (Å²) < 4.78 is 3.85. The van der Waals surface area contributed by atoms with E-state index in [-0.39, 0.29) is 18.5 Å². The maximum absolute atomic E-state index is 12.7. The predicted octanol–water partition coefficient (Wildman–Crippen LogP) is 2.87. The number of thiophene rings is 1. The summed E-state index contributed by atoms with van der Waals surface area (Å²) in [5.41, 5.74) is 0. The molecule has 0 unspecified atom stereocenters. The van der Waals surface area contributed by atoms with Gasteiger partial charge in [-0.15, -0.1) is 26.6 Å². The number of rotatable bonds is 9. The first-order valence-corrected chi connectivity index (χ1v) is 13.1. The number of tetrazole rings is 1. The molecule has 2 saturated heterocycles. The minimum absolute atomic E-state index is 0.00580. The number of piperidine rings is 1. The fourth-order valence-electron chi connectivity index (χ4n) is 5.75. The van der Waals surface area contributed by atoms with Crippen LogP contribution in [0.2, 0.25) is 0 Å². The molecule has 3 aromatic heterocycles. The number of amides is 1. The lowest BCUT2D eigenvalue weighted by Crippen LogP contribution is -2.45. The lowest BCUT2D eigenvalue weighted by atomic mass is 9.95. The van der Waals surface area contributed by atoms with Crippen LogP contribution in [0.1, 0.15) is 80.5 Å². The van der Waals surface area contributed by atoms with Crippen LogP contribution in [-0.2, 0) is 11.3 Å².